The summed E-state index contributed by atoms with van der Waals surface area (Å²) in [6.45, 7) is 3.96. The fourth-order valence-corrected chi connectivity index (χ4v) is 4.15. The van der Waals surface area contributed by atoms with Crippen LogP contribution in [-0.4, -0.2) is 29.9 Å². The van der Waals surface area contributed by atoms with Crippen LogP contribution < -0.4 is 5.73 Å². The first-order chi connectivity index (χ1) is 13.4. The van der Waals surface area contributed by atoms with E-state index in [4.69, 9.17) is 5.73 Å². The minimum Gasteiger partial charge on any atom is -0.383 e. The van der Waals surface area contributed by atoms with Crippen molar-refractivity contribution >= 4 is 5.78 Å². The number of hydrogen-bond donors (Lipinski definition) is 1. The third-order valence-corrected chi connectivity index (χ3v) is 5.33. The van der Waals surface area contributed by atoms with Crippen LogP contribution in [0.1, 0.15) is 43.7 Å². The van der Waals surface area contributed by atoms with Gasteiger partial charge in [-0.1, -0.05) is 26.0 Å². The summed E-state index contributed by atoms with van der Waals surface area (Å²) in [5, 5.41) is 13.2. The van der Waals surface area contributed by atoms with Crippen molar-refractivity contribution in [1.29, 1.82) is 5.26 Å². The van der Waals surface area contributed by atoms with E-state index in [1.165, 1.54) is 12.1 Å². The molecule has 8 heteroatoms. The van der Waals surface area contributed by atoms with Crippen molar-refractivity contribution in [3.63, 3.8) is 0 Å². The molecule has 1 aromatic carbocycles. The number of alkyl halides is 3. The van der Waals surface area contributed by atoms with Gasteiger partial charge in [-0.3, -0.25) is 9.80 Å². The van der Waals surface area contributed by atoms with Crippen LogP contribution >= 0.6 is 0 Å². The Morgan fingerprint density at radius 3 is 2.28 bits per heavy atom. The van der Waals surface area contributed by atoms with Crippen LogP contribution in [0, 0.1) is 16.7 Å². The molecule has 0 fully saturated rings. The van der Waals surface area contributed by atoms with E-state index in [0.29, 0.717) is 29.7 Å². The molecule has 0 bridgehead atoms. The predicted octanol–water partition coefficient (Wildman–Crippen LogP) is 3.92. The Kier molecular flexibility index (Phi) is 4.99. The van der Waals surface area contributed by atoms with Gasteiger partial charge in [0.25, 0.3) is 0 Å². The highest BCUT2D eigenvalue weighted by Crippen LogP contribution is 2.49. The quantitative estimate of drug-likeness (QED) is 0.809. The highest BCUT2D eigenvalue weighted by atomic mass is 19.4. The maximum Gasteiger partial charge on any atom is 0.416 e. The zero-order valence-electron chi connectivity index (χ0n) is 16.8. The van der Waals surface area contributed by atoms with Gasteiger partial charge in [0.1, 0.15) is 5.82 Å². The number of ketones is 1. The van der Waals surface area contributed by atoms with Gasteiger partial charge in [-0.2, -0.15) is 18.4 Å². The summed E-state index contributed by atoms with van der Waals surface area (Å²) >= 11 is 0. The zero-order chi connectivity index (χ0) is 21.7. The van der Waals surface area contributed by atoms with E-state index in [9.17, 15) is 23.2 Å². The van der Waals surface area contributed by atoms with Crippen molar-refractivity contribution in [2.45, 2.75) is 38.8 Å². The van der Waals surface area contributed by atoms with Gasteiger partial charge in [0.05, 0.1) is 23.1 Å². The van der Waals surface area contributed by atoms with E-state index in [0.717, 1.165) is 12.1 Å². The Morgan fingerprint density at radius 2 is 1.79 bits per heavy atom. The van der Waals surface area contributed by atoms with E-state index >= 15 is 0 Å². The van der Waals surface area contributed by atoms with E-state index < -0.39 is 17.7 Å². The fourth-order valence-electron chi connectivity index (χ4n) is 4.15. The predicted molar refractivity (Wildman–Crippen MR) is 102 cm³/mol. The number of carbonyl (C=O) groups excluding carboxylic acids is 1. The molecule has 0 radical (unpaired) electrons. The highest BCUT2D eigenvalue weighted by molar-refractivity contribution is 6.00. The monoisotopic (exact) mass is 404 g/mol. The van der Waals surface area contributed by atoms with Gasteiger partial charge in [0.15, 0.2) is 5.78 Å². The second kappa shape index (κ2) is 6.92. The average Bonchev–Trinajstić information content (AvgIpc) is 2.58. The number of carbonyl (C=O) groups is 1. The molecule has 0 saturated carbocycles. The molecule has 1 aromatic rings. The summed E-state index contributed by atoms with van der Waals surface area (Å²) in [6, 6.07) is 6.66. The SMILES string of the molecule is CN(C)N1C(N)=C(C#N)C(c2ccc(C(F)(F)F)cc2)C2=C1CC(C)(C)CC2=O. The first kappa shape index (κ1) is 20.9. The topological polar surface area (TPSA) is 73.4 Å². The number of rotatable bonds is 2. The molecule has 1 aliphatic carbocycles. The van der Waals surface area contributed by atoms with Crippen molar-refractivity contribution < 1.29 is 18.0 Å². The van der Waals surface area contributed by atoms with Crippen LogP contribution in [-0.2, 0) is 11.0 Å². The second-order valence-corrected chi connectivity index (χ2v) is 8.42. The molecule has 0 aromatic heterocycles. The molecule has 0 amide bonds. The van der Waals surface area contributed by atoms with Gasteiger partial charge < -0.3 is 5.73 Å². The summed E-state index contributed by atoms with van der Waals surface area (Å²) in [5.74, 6) is -0.711. The Morgan fingerprint density at radius 1 is 1.21 bits per heavy atom. The maximum absolute atomic E-state index is 13.1. The van der Waals surface area contributed by atoms with Crippen molar-refractivity contribution in [2.75, 3.05) is 14.1 Å². The Bertz CT molecular complexity index is 950. The van der Waals surface area contributed by atoms with E-state index in [1.54, 1.807) is 24.1 Å². The first-order valence-electron chi connectivity index (χ1n) is 9.18. The first-order valence-corrected chi connectivity index (χ1v) is 9.18. The minimum atomic E-state index is -4.46. The lowest BCUT2D eigenvalue weighted by molar-refractivity contribution is -0.137. The molecular weight excluding hydrogens is 381 g/mol. The van der Waals surface area contributed by atoms with Crippen molar-refractivity contribution in [3.05, 3.63) is 58.1 Å². The van der Waals surface area contributed by atoms with Crippen LogP contribution in [0.25, 0.3) is 0 Å². The Labute approximate surface area is 167 Å². The summed E-state index contributed by atoms with van der Waals surface area (Å²) in [4.78, 5) is 13.1. The molecule has 0 saturated heterocycles. The van der Waals surface area contributed by atoms with Gasteiger partial charge >= 0.3 is 6.18 Å². The molecule has 1 heterocycles. The third-order valence-electron chi connectivity index (χ3n) is 5.33. The number of nitrogens with zero attached hydrogens (tertiary/aromatic N) is 3. The fraction of sp³-hybridized carbons (Fsp3) is 0.429. The van der Waals surface area contributed by atoms with Crippen LogP contribution in [0.5, 0.6) is 0 Å². The lowest BCUT2D eigenvalue weighted by Gasteiger charge is -2.45. The molecule has 3 rings (SSSR count). The van der Waals surface area contributed by atoms with Gasteiger partial charge in [0, 0.05) is 31.8 Å². The number of hydrogen-bond acceptors (Lipinski definition) is 5. The number of nitriles is 1. The summed E-state index contributed by atoms with van der Waals surface area (Å²) in [6.07, 6.45) is -3.61. The molecule has 29 heavy (non-hydrogen) atoms. The molecule has 154 valence electrons. The number of hydrazine groups is 1. The molecule has 1 aliphatic heterocycles. The lowest BCUT2D eigenvalue weighted by atomic mass is 9.69. The Hall–Kier alpha value is -2.79. The van der Waals surface area contributed by atoms with Crippen LogP contribution in [0.2, 0.25) is 0 Å². The van der Waals surface area contributed by atoms with Gasteiger partial charge in [-0.05, 0) is 29.5 Å². The molecule has 5 nitrogen and oxygen atoms in total. The molecule has 1 atom stereocenters. The average molecular weight is 404 g/mol. The number of nitrogens with two attached hydrogens (primary N) is 1. The number of Topliss-reactive ketones (excluding diaryl/α,β-unsaturated/α-hetero) is 1. The van der Waals surface area contributed by atoms with E-state index in [-0.39, 0.29) is 22.6 Å². The van der Waals surface area contributed by atoms with Gasteiger partial charge in [-0.25, -0.2) is 5.01 Å². The van der Waals surface area contributed by atoms with Crippen LogP contribution in [0.3, 0.4) is 0 Å². The van der Waals surface area contributed by atoms with E-state index in [1.807, 2.05) is 13.8 Å². The smallest absolute Gasteiger partial charge is 0.383 e. The molecule has 2 N–H and O–H groups in total. The molecular formula is C21H23F3N4O. The zero-order valence-corrected chi connectivity index (χ0v) is 16.8. The molecule has 1 unspecified atom stereocenters. The molecule has 0 spiro atoms. The van der Waals surface area contributed by atoms with Crippen molar-refractivity contribution in [2.24, 2.45) is 11.1 Å². The number of benzene rings is 1. The number of allylic oxidation sites excluding steroid dienone is 3. The van der Waals surface area contributed by atoms with Gasteiger partial charge in [0.2, 0.25) is 0 Å². The van der Waals surface area contributed by atoms with E-state index in [2.05, 4.69) is 6.07 Å². The Balaban J connectivity index is 2.22. The lowest BCUT2D eigenvalue weighted by Crippen LogP contribution is -2.47. The molecule has 2 aliphatic rings. The van der Waals surface area contributed by atoms with Crippen molar-refractivity contribution in [3.8, 4) is 6.07 Å². The summed E-state index contributed by atoms with van der Waals surface area (Å²) in [7, 11) is 3.52. The normalized spacial score (nSPS) is 22.1. The summed E-state index contributed by atoms with van der Waals surface area (Å²) < 4.78 is 38.9. The summed E-state index contributed by atoms with van der Waals surface area (Å²) in [5.41, 5.74) is 6.97. The van der Waals surface area contributed by atoms with Gasteiger partial charge in [-0.15, -0.1) is 0 Å². The van der Waals surface area contributed by atoms with Crippen LogP contribution in [0.4, 0.5) is 13.2 Å². The number of halogens is 3. The van der Waals surface area contributed by atoms with Crippen molar-refractivity contribution in [1.82, 2.24) is 10.0 Å². The third kappa shape index (κ3) is 3.62. The standard InChI is InChI=1S/C21H23F3N4O/c1-20(2)9-15-18(16(29)10-20)17(14(11-25)19(26)28(15)27(3)4)12-5-7-13(8-6-12)21(22,23)24/h5-8,17H,9-10,26H2,1-4H3. The minimum absolute atomic E-state index is 0.117. The maximum atomic E-state index is 13.1. The highest BCUT2D eigenvalue weighted by Gasteiger charge is 2.45. The second-order valence-electron chi connectivity index (χ2n) is 8.42. The van der Waals surface area contributed by atoms with Crippen LogP contribution in [0.15, 0.2) is 46.9 Å². The largest absolute Gasteiger partial charge is 0.416 e.